The molecule has 1 nitrogen and oxygen atoms in total. The van der Waals surface area contributed by atoms with E-state index in [4.69, 9.17) is 4.74 Å². The van der Waals surface area contributed by atoms with Crippen molar-refractivity contribution in [3.63, 3.8) is 0 Å². The predicted molar refractivity (Wildman–Crippen MR) is 57.8 cm³/mol. The zero-order valence-electron chi connectivity index (χ0n) is 8.72. The van der Waals surface area contributed by atoms with E-state index in [9.17, 15) is 0 Å². The van der Waals surface area contributed by atoms with Crippen LogP contribution < -0.4 is 0 Å². The zero-order chi connectivity index (χ0) is 9.61. The number of hydrogen-bond acceptors (Lipinski definition) is 1. The van der Waals surface area contributed by atoms with E-state index in [1.165, 1.54) is 13.5 Å². The summed E-state index contributed by atoms with van der Waals surface area (Å²) in [4.78, 5) is 0. The van der Waals surface area contributed by atoms with E-state index < -0.39 is 0 Å². The fraction of sp³-hybridized carbons (Fsp3) is 0.700. The van der Waals surface area contributed by atoms with Crippen LogP contribution in [0.15, 0.2) is 11.6 Å². The molecule has 0 heterocycles. The normalized spacial score (nSPS) is 13.9. The van der Waals surface area contributed by atoms with Crippen LogP contribution in [0.4, 0.5) is 0 Å². The SMILES string of the molecule is CC=P/C(=C/OCC)C(C)(C)C. The summed E-state index contributed by atoms with van der Waals surface area (Å²) in [7, 11) is 1.26. The van der Waals surface area contributed by atoms with Crippen LogP contribution in [0.2, 0.25) is 0 Å². The Morgan fingerprint density at radius 1 is 1.42 bits per heavy atom. The molecule has 0 aromatic rings. The van der Waals surface area contributed by atoms with Gasteiger partial charge in [-0.25, -0.2) is 0 Å². The lowest BCUT2D eigenvalue weighted by molar-refractivity contribution is 0.262. The molecule has 0 spiro atoms. The Balaban J connectivity index is 4.44. The van der Waals surface area contributed by atoms with Crippen molar-refractivity contribution in [3.8, 4) is 0 Å². The maximum atomic E-state index is 5.29. The van der Waals surface area contributed by atoms with Gasteiger partial charge in [0, 0.05) is 5.31 Å². The quantitative estimate of drug-likeness (QED) is 0.482. The van der Waals surface area contributed by atoms with Gasteiger partial charge in [-0.2, -0.15) is 0 Å². The standard InChI is InChI=1S/C10H19OP/c1-6-11-8-9(12-7-2)10(3,4)5/h7-8H,6H2,1-5H3/b9-8+. The highest BCUT2D eigenvalue weighted by atomic mass is 31.1. The van der Waals surface area contributed by atoms with Crippen molar-refractivity contribution in [2.75, 3.05) is 6.61 Å². The molecule has 0 amide bonds. The molecule has 2 heteroatoms. The van der Waals surface area contributed by atoms with Gasteiger partial charge in [-0.05, 0) is 19.3 Å². The van der Waals surface area contributed by atoms with Crippen LogP contribution in [0.3, 0.4) is 0 Å². The molecule has 0 bridgehead atoms. The fourth-order valence-electron chi connectivity index (χ4n) is 0.702. The van der Waals surface area contributed by atoms with Gasteiger partial charge < -0.3 is 4.74 Å². The molecule has 0 saturated heterocycles. The van der Waals surface area contributed by atoms with Gasteiger partial charge in [0.25, 0.3) is 0 Å². The van der Waals surface area contributed by atoms with E-state index in [1.54, 1.807) is 0 Å². The zero-order valence-corrected chi connectivity index (χ0v) is 9.61. The summed E-state index contributed by atoms with van der Waals surface area (Å²) >= 11 is 0. The molecular weight excluding hydrogens is 167 g/mol. The van der Waals surface area contributed by atoms with E-state index in [0.717, 1.165) is 6.61 Å². The van der Waals surface area contributed by atoms with Gasteiger partial charge in [0.15, 0.2) is 0 Å². The molecule has 0 aliphatic carbocycles. The van der Waals surface area contributed by atoms with E-state index in [1.807, 2.05) is 13.2 Å². The Kier molecular flexibility index (Phi) is 5.24. The molecule has 0 saturated carbocycles. The highest BCUT2D eigenvalue weighted by Gasteiger charge is 2.15. The van der Waals surface area contributed by atoms with Crippen molar-refractivity contribution in [1.82, 2.24) is 0 Å². The Morgan fingerprint density at radius 3 is 2.33 bits per heavy atom. The van der Waals surface area contributed by atoms with Gasteiger partial charge in [-0.15, -0.1) is 0 Å². The fourth-order valence-corrected chi connectivity index (χ4v) is 1.50. The van der Waals surface area contributed by atoms with Gasteiger partial charge in [0.2, 0.25) is 0 Å². The summed E-state index contributed by atoms with van der Waals surface area (Å²) in [5.74, 6) is 2.14. The van der Waals surface area contributed by atoms with Crippen LogP contribution in [-0.4, -0.2) is 12.4 Å². The molecule has 0 aliphatic heterocycles. The lowest BCUT2D eigenvalue weighted by Crippen LogP contribution is -2.05. The van der Waals surface area contributed by atoms with Crippen LogP contribution in [0.1, 0.15) is 34.6 Å². The average molecular weight is 186 g/mol. The molecule has 0 atom stereocenters. The lowest BCUT2D eigenvalue weighted by atomic mass is 9.97. The number of rotatable bonds is 3. The molecule has 0 N–H and O–H groups in total. The van der Waals surface area contributed by atoms with Gasteiger partial charge in [0.05, 0.1) is 12.9 Å². The largest absolute Gasteiger partial charge is 0.501 e. The number of ether oxygens (including phenoxy) is 1. The molecular formula is C10H19OP. The summed E-state index contributed by atoms with van der Waals surface area (Å²) in [6.07, 6.45) is 1.89. The summed E-state index contributed by atoms with van der Waals surface area (Å²) in [5, 5.41) is 1.33. The number of hydrogen-bond donors (Lipinski definition) is 0. The van der Waals surface area contributed by atoms with Crippen molar-refractivity contribution in [1.29, 1.82) is 0 Å². The molecule has 0 radical (unpaired) electrons. The van der Waals surface area contributed by atoms with Gasteiger partial charge in [-0.1, -0.05) is 34.8 Å². The molecule has 0 aliphatic rings. The summed E-state index contributed by atoms with van der Waals surface area (Å²) in [6, 6.07) is 0. The Labute approximate surface area is 77.6 Å². The lowest BCUT2D eigenvalue weighted by Gasteiger charge is -2.18. The first-order chi connectivity index (χ1) is 5.52. The minimum Gasteiger partial charge on any atom is -0.501 e. The first kappa shape index (κ1) is 11.7. The van der Waals surface area contributed by atoms with Crippen molar-refractivity contribution in [3.05, 3.63) is 11.6 Å². The molecule has 0 fully saturated rings. The Morgan fingerprint density at radius 2 is 2.00 bits per heavy atom. The van der Waals surface area contributed by atoms with Crippen LogP contribution >= 0.6 is 8.20 Å². The highest BCUT2D eigenvalue weighted by Crippen LogP contribution is 2.33. The van der Waals surface area contributed by atoms with Crippen molar-refractivity contribution < 1.29 is 4.74 Å². The van der Waals surface area contributed by atoms with Crippen LogP contribution in [0.5, 0.6) is 0 Å². The Hall–Kier alpha value is -0.290. The van der Waals surface area contributed by atoms with E-state index in [0.29, 0.717) is 0 Å². The van der Waals surface area contributed by atoms with Crippen LogP contribution in [-0.2, 0) is 4.74 Å². The minimum absolute atomic E-state index is 0.212. The second-order valence-corrected chi connectivity index (χ2v) is 4.85. The van der Waals surface area contributed by atoms with E-state index >= 15 is 0 Å². The third kappa shape index (κ3) is 4.56. The monoisotopic (exact) mass is 186 g/mol. The van der Waals surface area contributed by atoms with Crippen LogP contribution in [0.25, 0.3) is 0 Å². The highest BCUT2D eigenvalue weighted by molar-refractivity contribution is 7.43. The molecule has 12 heavy (non-hydrogen) atoms. The molecule has 70 valence electrons. The van der Waals surface area contributed by atoms with E-state index in [-0.39, 0.29) is 5.41 Å². The van der Waals surface area contributed by atoms with Crippen molar-refractivity contribution in [2.24, 2.45) is 5.41 Å². The second kappa shape index (κ2) is 5.37. The first-order valence-corrected chi connectivity index (χ1v) is 5.29. The van der Waals surface area contributed by atoms with Gasteiger partial charge >= 0.3 is 0 Å². The Bertz CT molecular complexity index is 175. The number of allylic oxidation sites excluding steroid dienone is 1. The van der Waals surface area contributed by atoms with Gasteiger partial charge in [0.1, 0.15) is 0 Å². The maximum absolute atomic E-state index is 5.29. The minimum atomic E-state index is 0.212. The molecule has 0 unspecified atom stereocenters. The third-order valence-electron chi connectivity index (χ3n) is 1.40. The summed E-state index contributed by atoms with van der Waals surface area (Å²) < 4.78 is 5.29. The average Bonchev–Trinajstić information content (AvgIpc) is 1.95. The second-order valence-electron chi connectivity index (χ2n) is 3.60. The first-order valence-electron chi connectivity index (χ1n) is 4.33. The van der Waals surface area contributed by atoms with Crippen LogP contribution in [0, 0.1) is 5.41 Å². The predicted octanol–water partition coefficient (Wildman–Crippen LogP) is 3.68. The smallest absolute Gasteiger partial charge is 0.0911 e. The summed E-state index contributed by atoms with van der Waals surface area (Å²) in [5.41, 5.74) is 0.212. The van der Waals surface area contributed by atoms with Crippen molar-refractivity contribution >= 4 is 14.0 Å². The molecule has 0 aromatic carbocycles. The van der Waals surface area contributed by atoms with Gasteiger partial charge in [-0.3, -0.25) is 0 Å². The molecule has 0 rings (SSSR count). The topological polar surface area (TPSA) is 9.23 Å². The third-order valence-corrected chi connectivity index (χ3v) is 2.71. The molecule has 0 aromatic heterocycles. The van der Waals surface area contributed by atoms with Crippen molar-refractivity contribution in [2.45, 2.75) is 34.6 Å². The maximum Gasteiger partial charge on any atom is 0.0911 e. The van der Waals surface area contributed by atoms with E-state index in [2.05, 4.69) is 33.5 Å². The summed E-state index contributed by atoms with van der Waals surface area (Å²) in [6.45, 7) is 11.4.